The highest BCUT2D eigenvalue weighted by Crippen LogP contribution is 2.65. The van der Waals surface area contributed by atoms with Gasteiger partial charge in [-0.05, 0) is 80.0 Å². The number of carbonyl (C=O) groups excluding carboxylic acids is 1. The van der Waals surface area contributed by atoms with Gasteiger partial charge in [0.15, 0.2) is 0 Å². The quantitative estimate of drug-likeness (QED) is 0.709. The van der Waals surface area contributed by atoms with Gasteiger partial charge in [-0.2, -0.15) is 0 Å². The second-order valence-corrected chi connectivity index (χ2v) is 9.82. The number of carbonyl (C=O) groups is 1. The zero-order valence-corrected chi connectivity index (χ0v) is 15.8. The summed E-state index contributed by atoms with van der Waals surface area (Å²) in [4.78, 5) is 13.4. The molecule has 0 spiro atoms. The first kappa shape index (κ1) is 17.7. The molecular formula is C22H34O3. The number of hydrogen-bond acceptors (Lipinski definition) is 3. The highest BCUT2D eigenvalue weighted by molar-refractivity contribution is 5.84. The van der Waals surface area contributed by atoms with Gasteiger partial charge in [-0.25, -0.2) is 0 Å². The largest absolute Gasteiger partial charge is 0.393 e. The Balaban J connectivity index is 1.69. The summed E-state index contributed by atoms with van der Waals surface area (Å²) < 4.78 is 0. The van der Waals surface area contributed by atoms with Crippen molar-refractivity contribution in [2.24, 2.45) is 34.5 Å². The minimum atomic E-state index is -0.160. The van der Waals surface area contributed by atoms with Crippen molar-refractivity contribution >= 4 is 5.78 Å². The van der Waals surface area contributed by atoms with E-state index in [1.807, 2.05) is 6.08 Å². The van der Waals surface area contributed by atoms with Gasteiger partial charge in [0, 0.05) is 12.3 Å². The third kappa shape index (κ3) is 2.56. The van der Waals surface area contributed by atoms with Crippen LogP contribution in [0.25, 0.3) is 0 Å². The van der Waals surface area contributed by atoms with Gasteiger partial charge in [-0.15, -0.1) is 0 Å². The summed E-state index contributed by atoms with van der Waals surface area (Å²) in [6.45, 7) is 4.75. The van der Waals surface area contributed by atoms with Crippen molar-refractivity contribution < 1.29 is 15.0 Å². The molecule has 3 heteroatoms. The van der Waals surface area contributed by atoms with Crippen molar-refractivity contribution in [1.29, 1.82) is 0 Å². The Morgan fingerprint density at radius 3 is 2.76 bits per heavy atom. The average Bonchev–Trinajstić information content (AvgIpc) is 2.56. The molecule has 0 amide bonds. The molecule has 7 unspecified atom stereocenters. The lowest BCUT2D eigenvalue weighted by molar-refractivity contribution is -0.161. The van der Waals surface area contributed by atoms with Gasteiger partial charge in [-0.3, -0.25) is 4.79 Å². The van der Waals surface area contributed by atoms with Crippen LogP contribution in [0, 0.1) is 34.5 Å². The lowest BCUT2D eigenvalue weighted by atomic mass is 9.42. The Labute approximate surface area is 151 Å². The van der Waals surface area contributed by atoms with Crippen LogP contribution in [0.1, 0.15) is 71.6 Å². The van der Waals surface area contributed by atoms with Crippen LogP contribution in [0.4, 0.5) is 0 Å². The number of rotatable bonds is 1. The molecule has 140 valence electrons. The normalized spacial score (nSPS) is 51.6. The molecule has 0 heterocycles. The van der Waals surface area contributed by atoms with Gasteiger partial charge >= 0.3 is 0 Å². The lowest BCUT2D eigenvalue weighted by Crippen LogP contribution is -2.58. The molecule has 25 heavy (non-hydrogen) atoms. The van der Waals surface area contributed by atoms with E-state index in [2.05, 4.69) is 13.8 Å². The summed E-state index contributed by atoms with van der Waals surface area (Å²) in [5, 5.41) is 19.6. The van der Waals surface area contributed by atoms with Crippen molar-refractivity contribution in [3.8, 4) is 0 Å². The number of aliphatic hydroxyl groups is 2. The first-order chi connectivity index (χ1) is 11.9. The Hall–Kier alpha value is -0.670. The van der Waals surface area contributed by atoms with Gasteiger partial charge in [0.1, 0.15) is 5.78 Å². The van der Waals surface area contributed by atoms with Crippen LogP contribution >= 0.6 is 0 Å². The van der Waals surface area contributed by atoms with Crippen molar-refractivity contribution in [2.45, 2.75) is 77.7 Å². The molecule has 4 rings (SSSR count). The molecule has 0 radical (unpaired) electrons. The fraction of sp³-hybridized carbons (Fsp3) is 0.864. The highest BCUT2D eigenvalue weighted by Gasteiger charge is 2.61. The first-order valence-corrected chi connectivity index (χ1v) is 10.4. The number of hydrogen-bond donors (Lipinski definition) is 2. The molecule has 0 bridgehead atoms. The first-order valence-electron chi connectivity index (χ1n) is 10.4. The number of allylic oxidation sites excluding steroid dienone is 1. The van der Waals surface area contributed by atoms with Crippen molar-refractivity contribution in [1.82, 2.24) is 0 Å². The molecule has 0 saturated heterocycles. The molecule has 0 aromatic rings. The summed E-state index contributed by atoms with van der Waals surface area (Å²) in [5.74, 6) is 2.28. The third-order valence-electron chi connectivity index (χ3n) is 8.75. The molecule has 4 aliphatic rings. The Morgan fingerprint density at radius 2 is 2.00 bits per heavy atom. The highest BCUT2D eigenvalue weighted by atomic mass is 16.3. The van der Waals surface area contributed by atoms with Crippen LogP contribution in [-0.2, 0) is 4.79 Å². The smallest absolute Gasteiger partial charge is 0.137 e. The minimum absolute atomic E-state index is 0.0311. The zero-order chi connectivity index (χ0) is 17.8. The van der Waals surface area contributed by atoms with Crippen molar-refractivity contribution in [2.75, 3.05) is 6.61 Å². The Morgan fingerprint density at radius 1 is 1.20 bits per heavy atom. The van der Waals surface area contributed by atoms with E-state index < -0.39 is 0 Å². The van der Waals surface area contributed by atoms with Gasteiger partial charge in [0.05, 0.1) is 12.7 Å². The molecule has 0 aliphatic heterocycles. The van der Waals surface area contributed by atoms with E-state index >= 15 is 0 Å². The molecule has 4 fully saturated rings. The molecule has 4 aliphatic carbocycles. The Bertz CT molecular complexity index is 582. The van der Waals surface area contributed by atoms with Gasteiger partial charge in [0.25, 0.3) is 0 Å². The number of Topliss-reactive ketones (excluding diaryl/α,β-unsaturated/α-hetero) is 1. The lowest BCUT2D eigenvalue weighted by Gasteiger charge is -2.61. The van der Waals surface area contributed by atoms with E-state index in [9.17, 15) is 15.0 Å². The second kappa shape index (κ2) is 6.20. The van der Waals surface area contributed by atoms with E-state index in [-0.39, 0.29) is 29.5 Å². The van der Waals surface area contributed by atoms with E-state index in [1.165, 1.54) is 24.8 Å². The van der Waals surface area contributed by atoms with Crippen LogP contribution in [0.2, 0.25) is 0 Å². The average molecular weight is 347 g/mol. The van der Waals surface area contributed by atoms with Crippen molar-refractivity contribution in [3.63, 3.8) is 0 Å². The zero-order valence-electron chi connectivity index (χ0n) is 15.8. The minimum Gasteiger partial charge on any atom is -0.393 e. The molecule has 7 atom stereocenters. The summed E-state index contributed by atoms with van der Waals surface area (Å²) in [5.41, 5.74) is 1.40. The Kier molecular flexibility index (Phi) is 4.39. The van der Waals surface area contributed by atoms with Gasteiger partial charge in [0.2, 0.25) is 0 Å². The maximum absolute atomic E-state index is 13.4. The second-order valence-electron chi connectivity index (χ2n) is 9.82. The SMILES string of the molecule is CC12CC(=O)C3C(CCC4CC(O)CCC43C)C1CCC/C2=C\CO. The number of aliphatic hydroxyl groups excluding tert-OH is 2. The summed E-state index contributed by atoms with van der Waals surface area (Å²) in [6, 6.07) is 0. The van der Waals surface area contributed by atoms with Crippen LogP contribution in [0.15, 0.2) is 11.6 Å². The molecule has 4 saturated carbocycles. The predicted molar refractivity (Wildman–Crippen MR) is 97.9 cm³/mol. The van der Waals surface area contributed by atoms with E-state index in [0.29, 0.717) is 30.0 Å². The number of fused-ring (bicyclic) bond motifs is 5. The number of ketones is 1. The molecule has 3 nitrogen and oxygen atoms in total. The third-order valence-corrected chi connectivity index (χ3v) is 8.75. The van der Waals surface area contributed by atoms with Gasteiger partial charge in [-0.1, -0.05) is 25.5 Å². The summed E-state index contributed by atoms with van der Waals surface area (Å²) in [6.07, 6.45) is 11.1. The van der Waals surface area contributed by atoms with Gasteiger partial charge < -0.3 is 10.2 Å². The molecule has 0 aromatic carbocycles. The molecular weight excluding hydrogens is 312 g/mol. The maximum Gasteiger partial charge on any atom is 0.137 e. The van der Waals surface area contributed by atoms with E-state index in [1.54, 1.807) is 0 Å². The summed E-state index contributed by atoms with van der Waals surface area (Å²) >= 11 is 0. The maximum atomic E-state index is 13.4. The monoisotopic (exact) mass is 346 g/mol. The molecule has 0 aromatic heterocycles. The van der Waals surface area contributed by atoms with Crippen LogP contribution < -0.4 is 0 Å². The summed E-state index contributed by atoms with van der Waals surface area (Å²) in [7, 11) is 0. The topological polar surface area (TPSA) is 57.5 Å². The standard InChI is InChI=1S/C22H34O3/c1-21-10-8-16(24)12-15(21)6-7-17-18-5-3-4-14(9-11-23)22(18,2)13-19(25)20(17)21/h9,15-18,20,23-24H,3-8,10-13H2,1-2H3/b14-9+. The fourth-order valence-electron chi connectivity index (χ4n) is 7.55. The van der Waals surface area contributed by atoms with Crippen LogP contribution in [0.5, 0.6) is 0 Å². The van der Waals surface area contributed by atoms with Crippen LogP contribution in [-0.4, -0.2) is 28.7 Å². The predicted octanol–water partition coefficient (Wildman–Crippen LogP) is 3.88. The van der Waals surface area contributed by atoms with Crippen molar-refractivity contribution in [3.05, 3.63) is 11.6 Å². The molecule has 2 N–H and O–H groups in total. The van der Waals surface area contributed by atoms with E-state index in [4.69, 9.17) is 0 Å². The van der Waals surface area contributed by atoms with E-state index in [0.717, 1.165) is 32.1 Å². The fourth-order valence-corrected chi connectivity index (χ4v) is 7.55. The van der Waals surface area contributed by atoms with Crippen LogP contribution in [0.3, 0.4) is 0 Å².